The summed E-state index contributed by atoms with van der Waals surface area (Å²) < 4.78 is 5.00. The lowest BCUT2D eigenvalue weighted by Gasteiger charge is -1.98. The first-order chi connectivity index (χ1) is 7.09. The lowest BCUT2D eigenvalue weighted by molar-refractivity contribution is 0.0665. The molecule has 5 nitrogen and oxygen atoms in total. The predicted octanol–water partition coefficient (Wildman–Crippen LogP) is -0.189. The van der Waals surface area contributed by atoms with E-state index < -0.39 is 13.1 Å². The lowest BCUT2D eigenvalue weighted by Crippen LogP contribution is -2.29. The fraction of sp³-hybridized carbons (Fsp3) is 0. The van der Waals surface area contributed by atoms with Gasteiger partial charge in [0.05, 0.1) is 0 Å². The highest BCUT2D eigenvalue weighted by atomic mass is 16.4. The zero-order chi connectivity index (χ0) is 11.0. The molecule has 0 saturated heterocycles. The van der Waals surface area contributed by atoms with Crippen molar-refractivity contribution in [2.24, 2.45) is 0 Å². The second kappa shape index (κ2) is 3.41. The molecule has 0 amide bonds. The van der Waals surface area contributed by atoms with E-state index in [0.29, 0.717) is 5.39 Å². The van der Waals surface area contributed by atoms with Gasteiger partial charge in [0.2, 0.25) is 5.76 Å². The van der Waals surface area contributed by atoms with E-state index in [1.165, 1.54) is 12.1 Å². The minimum absolute atomic E-state index is 0.153. The Hall–Kier alpha value is -1.79. The molecule has 15 heavy (non-hydrogen) atoms. The van der Waals surface area contributed by atoms with E-state index in [4.69, 9.17) is 19.6 Å². The maximum Gasteiger partial charge on any atom is 0.492 e. The first-order valence-electron chi connectivity index (χ1n) is 4.21. The number of fused-ring (bicyclic) bond motifs is 1. The van der Waals surface area contributed by atoms with Gasteiger partial charge in [-0.15, -0.1) is 0 Å². The average Bonchev–Trinajstić information content (AvgIpc) is 2.60. The van der Waals surface area contributed by atoms with Crippen LogP contribution in [-0.4, -0.2) is 28.2 Å². The molecule has 3 N–H and O–H groups in total. The molecule has 0 spiro atoms. The van der Waals surface area contributed by atoms with Gasteiger partial charge in [0, 0.05) is 10.8 Å². The SMILES string of the molecule is O=C(O)c1cc2cccc(B(O)O)c2o1. The van der Waals surface area contributed by atoms with Crippen molar-refractivity contribution in [1.29, 1.82) is 0 Å². The van der Waals surface area contributed by atoms with Crippen molar-refractivity contribution >= 4 is 29.5 Å². The van der Waals surface area contributed by atoms with Gasteiger partial charge in [-0.25, -0.2) is 4.79 Å². The standard InChI is InChI=1S/C9H7BO5/c11-9(12)7-4-5-2-1-3-6(10(13)14)8(5)15-7/h1-4,13-14H,(H,11,12). The number of carbonyl (C=O) groups is 1. The number of aromatic carboxylic acids is 1. The van der Waals surface area contributed by atoms with Crippen LogP contribution in [0, 0.1) is 0 Å². The monoisotopic (exact) mass is 206 g/mol. The second-order valence-corrected chi connectivity index (χ2v) is 3.06. The Kier molecular flexibility index (Phi) is 2.22. The van der Waals surface area contributed by atoms with Gasteiger partial charge in [-0.3, -0.25) is 0 Å². The smallest absolute Gasteiger partial charge is 0.475 e. The quantitative estimate of drug-likeness (QED) is 0.592. The Balaban J connectivity index is 2.69. The summed E-state index contributed by atoms with van der Waals surface area (Å²) in [5.41, 5.74) is 0.338. The molecule has 1 heterocycles. The number of rotatable bonds is 2. The molecule has 0 bridgehead atoms. The molecule has 2 aromatic rings. The number of furan rings is 1. The van der Waals surface area contributed by atoms with E-state index in [1.807, 2.05) is 0 Å². The van der Waals surface area contributed by atoms with E-state index in [-0.39, 0.29) is 16.8 Å². The highest BCUT2D eigenvalue weighted by molar-refractivity contribution is 6.61. The normalized spacial score (nSPS) is 10.5. The number of hydrogen-bond donors (Lipinski definition) is 3. The predicted molar refractivity (Wildman–Crippen MR) is 53.0 cm³/mol. The molecular weight excluding hydrogens is 199 g/mol. The van der Waals surface area contributed by atoms with E-state index >= 15 is 0 Å². The summed E-state index contributed by atoms with van der Waals surface area (Å²) in [6, 6.07) is 6.03. The largest absolute Gasteiger partial charge is 0.492 e. The van der Waals surface area contributed by atoms with Gasteiger partial charge in [0.1, 0.15) is 5.58 Å². The third-order valence-electron chi connectivity index (χ3n) is 2.06. The molecule has 0 aliphatic carbocycles. The Labute approximate surface area is 84.7 Å². The van der Waals surface area contributed by atoms with E-state index in [9.17, 15) is 4.79 Å². The van der Waals surface area contributed by atoms with Crippen LogP contribution in [0.4, 0.5) is 0 Å². The van der Waals surface area contributed by atoms with Gasteiger partial charge in [0.25, 0.3) is 0 Å². The Morgan fingerprint density at radius 3 is 2.67 bits per heavy atom. The van der Waals surface area contributed by atoms with Gasteiger partial charge in [-0.2, -0.15) is 0 Å². The minimum atomic E-state index is -1.68. The topological polar surface area (TPSA) is 90.9 Å². The molecule has 0 fully saturated rings. The first-order valence-corrected chi connectivity index (χ1v) is 4.21. The van der Waals surface area contributed by atoms with E-state index in [0.717, 1.165) is 0 Å². The molecule has 2 rings (SSSR count). The summed E-state index contributed by atoms with van der Waals surface area (Å²) in [6.45, 7) is 0. The number of benzene rings is 1. The molecule has 6 heteroatoms. The van der Waals surface area contributed by atoms with Crippen molar-refractivity contribution in [1.82, 2.24) is 0 Å². The summed E-state index contributed by atoms with van der Waals surface area (Å²) >= 11 is 0. The van der Waals surface area contributed by atoms with Crippen LogP contribution in [0.3, 0.4) is 0 Å². The van der Waals surface area contributed by atoms with Gasteiger partial charge in [-0.05, 0) is 6.07 Å². The van der Waals surface area contributed by atoms with Crippen LogP contribution >= 0.6 is 0 Å². The van der Waals surface area contributed by atoms with E-state index in [1.54, 1.807) is 12.1 Å². The fourth-order valence-corrected chi connectivity index (χ4v) is 1.39. The summed E-state index contributed by atoms with van der Waals surface area (Å²) in [4.78, 5) is 10.6. The van der Waals surface area contributed by atoms with Crippen LogP contribution in [-0.2, 0) is 0 Å². The van der Waals surface area contributed by atoms with Gasteiger partial charge >= 0.3 is 13.1 Å². The molecule has 0 saturated carbocycles. The molecule has 0 aliphatic rings. The molecule has 0 atom stereocenters. The van der Waals surface area contributed by atoms with Crippen LogP contribution in [0.5, 0.6) is 0 Å². The summed E-state index contributed by atoms with van der Waals surface area (Å²) in [5, 5.41) is 27.3. The van der Waals surface area contributed by atoms with Crippen molar-refractivity contribution in [2.45, 2.75) is 0 Å². The third kappa shape index (κ3) is 1.60. The molecular formula is C9H7BO5. The van der Waals surface area contributed by atoms with Crippen molar-refractivity contribution in [3.8, 4) is 0 Å². The zero-order valence-corrected chi connectivity index (χ0v) is 7.54. The number of hydrogen-bond acceptors (Lipinski definition) is 4. The molecule has 0 radical (unpaired) electrons. The van der Waals surface area contributed by atoms with Crippen molar-refractivity contribution in [3.63, 3.8) is 0 Å². The third-order valence-corrected chi connectivity index (χ3v) is 2.06. The van der Waals surface area contributed by atoms with Gasteiger partial charge < -0.3 is 19.6 Å². The van der Waals surface area contributed by atoms with Crippen LogP contribution < -0.4 is 5.46 Å². The van der Waals surface area contributed by atoms with Crippen molar-refractivity contribution < 1.29 is 24.4 Å². The van der Waals surface area contributed by atoms with Crippen molar-refractivity contribution in [3.05, 3.63) is 30.0 Å². The summed E-state index contributed by atoms with van der Waals surface area (Å²) in [7, 11) is -1.68. The molecule has 1 aromatic heterocycles. The van der Waals surface area contributed by atoms with Crippen LogP contribution in [0.1, 0.15) is 10.6 Å². The Bertz CT molecular complexity index is 516. The van der Waals surface area contributed by atoms with E-state index in [2.05, 4.69) is 0 Å². The second-order valence-electron chi connectivity index (χ2n) is 3.06. The lowest BCUT2D eigenvalue weighted by atomic mass is 9.79. The minimum Gasteiger partial charge on any atom is -0.475 e. The fourth-order valence-electron chi connectivity index (χ4n) is 1.39. The Morgan fingerprint density at radius 1 is 1.33 bits per heavy atom. The van der Waals surface area contributed by atoms with Crippen molar-refractivity contribution in [2.75, 3.05) is 0 Å². The maximum absolute atomic E-state index is 10.6. The van der Waals surface area contributed by atoms with Crippen LogP contribution in [0.25, 0.3) is 11.0 Å². The van der Waals surface area contributed by atoms with Gasteiger partial charge in [-0.1, -0.05) is 18.2 Å². The zero-order valence-electron chi connectivity index (χ0n) is 7.54. The van der Waals surface area contributed by atoms with Crippen LogP contribution in [0.2, 0.25) is 0 Å². The summed E-state index contributed by atoms with van der Waals surface area (Å²) in [6.07, 6.45) is 0. The highest BCUT2D eigenvalue weighted by Crippen LogP contribution is 2.17. The molecule has 0 aliphatic heterocycles. The number of para-hydroxylation sites is 1. The van der Waals surface area contributed by atoms with Crippen LogP contribution in [0.15, 0.2) is 28.7 Å². The first kappa shape index (κ1) is 9.76. The van der Waals surface area contributed by atoms with Gasteiger partial charge in [0.15, 0.2) is 0 Å². The molecule has 76 valence electrons. The number of carboxylic acids is 1. The molecule has 1 aromatic carbocycles. The Morgan fingerprint density at radius 2 is 2.07 bits per heavy atom. The average molecular weight is 206 g/mol. The molecule has 0 unspecified atom stereocenters. The summed E-state index contributed by atoms with van der Waals surface area (Å²) in [5.74, 6) is -1.41. The highest BCUT2D eigenvalue weighted by Gasteiger charge is 2.19. The maximum atomic E-state index is 10.6. The number of carboxylic acid groups (broad SMARTS) is 1.